The second-order valence-electron chi connectivity index (χ2n) is 4.99. The van der Waals surface area contributed by atoms with E-state index in [1.165, 1.54) is 38.1 Å². The van der Waals surface area contributed by atoms with Crippen LogP contribution in [0, 0.1) is 24.0 Å². The van der Waals surface area contributed by atoms with Crippen molar-refractivity contribution in [2.45, 2.75) is 13.8 Å². The SMILES string of the molecule is COC(=O)c1c(C)nc(C)c(C(=O)[O-])c1-c1cccc([N+](=O)[O-])c1. The number of nitro groups is 1. The summed E-state index contributed by atoms with van der Waals surface area (Å²) in [5.74, 6) is -2.32. The molecule has 2 aromatic rings. The van der Waals surface area contributed by atoms with E-state index in [-0.39, 0.29) is 39.3 Å². The van der Waals surface area contributed by atoms with Gasteiger partial charge >= 0.3 is 5.97 Å². The zero-order valence-corrected chi connectivity index (χ0v) is 13.2. The normalized spacial score (nSPS) is 10.3. The number of carboxylic acids is 1. The van der Waals surface area contributed by atoms with E-state index in [1.54, 1.807) is 0 Å². The maximum atomic E-state index is 12.1. The molecule has 0 bridgehead atoms. The van der Waals surface area contributed by atoms with E-state index >= 15 is 0 Å². The van der Waals surface area contributed by atoms with Crippen molar-refractivity contribution in [1.82, 2.24) is 4.98 Å². The Balaban J connectivity index is 2.93. The van der Waals surface area contributed by atoms with Gasteiger partial charge in [-0.25, -0.2) is 4.79 Å². The molecule has 0 saturated carbocycles. The van der Waals surface area contributed by atoms with Gasteiger partial charge in [0.05, 0.1) is 29.3 Å². The molecule has 0 saturated heterocycles. The van der Waals surface area contributed by atoms with Crippen molar-refractivity contribution in [1.29, 1.82) is 0 Å². The maximum absolute atomic E-state index is 12.1. The average molecular weight is 329 g/mol. The van der Waals surface area contributed by atoms with Crippen molar-refractivity contribution in [2.75, 3.05) is 7.11 Å². The lowest BCUT2D eigenvalue weighted by molar-refractivity contribution is -0.384. The highest BCUT2D eigenvalue weighted by Crippen LogP contribution is 2.33. The average Bonchev–Trinajstić information content (AvgIpc) is 2.53. The number of carbonyl (C=O) groups excluding carboxylic acids is 2. The van der Waals surface area contributed by atoms with Gasteiger partial charge in [-0.15, -0.1) is 0 Å². The molecule has 1 aromatic heterocycles. The van der Waals surface area contributed by atoms with Gasteiger partial charge in [0.25, 0.3) is 5.69 Å². The molecule has 0 atom stereocenters. The van der Waals surface area contributed by atoms with Gasteiger partial charge in [0.1, 0.15) is 0 Å². The summed E-state index contributed by atoms with van der Waals surface area (Å²) in [6.07, 6.45) is 0. The number of aryl methyl sites for hydroxylation is 2. The number of benzene rings is 1. The highest BCUT2D eigenvalue weighted by molar-refractivity contribution is 6.06. The van der Waals surface area contributed by atoms with E-state index in [2.05, 4.69) is 4.98 Å². The van der Waals surface area contributed by atoms with Crippen LogP contribution in [0.3, 0.4) is 0 Å². The van der Waals surface area contributed by atoms with Crippen LogP contribution in [0.15, 0.2) is 24.3 Å². The van der Waals surface area contributed by atoms with Gasteiger partial charge in [-0.3, -0.25) is 15.1 Å². The third kappa shape index (κ3) is 2.94. The molecular formula is C16H13N2O6-. The molecule has 0 fully saturated rings. The molecule has 0 amide bonds. The monoisotopic (exact) mass is 329 g/mol. The number of rotatable bonds is 4. The standard InChI is InChI=1S/C16H14N2O6/c1-8-12(15(19)20)14(13(9(2)17-8)16(21)24-3)10-5-4-6-11(7-10)18(22)23/h4-7H,1-3H3,(H,19,20)/p-1. The summed E-state index contributed by atoms with van der Waals surface area (Å²) in [6.45, 7) is 2.99. The minimum Gasteiger partial charge on any atom is -0.545 e. The summed E-state index contributed by atoms with van der Waals surface area (Å²) in [5.41, 5.74) is -0.0236. The van der Waals surface area contributed by atoms with Crippen molar-refractivity contribution >= 4 is 17.6 Å². The molecule has 0 spiro atoms. The Morgan fingerprint density at radius 3 is 2.33 bits per heavy atom. The Kier molecular flexibility index (Phi) is 4.59. The number of non-ortho nitro benzene ring substituents is 1. The number of aromatic nitrogens is 1. The van der Waals surface area contributed by atoms with E-state index in [9.17, 15) is 24.8 Å². The molecule has 0 N–H and O–H groups in total. The number of pyridine rings is 1. The van der Waals surface area contributed by atoms with Crippen LogP contribution in [0.1, 0.15) is 32.1 Å². The van der Waals surface area contributed by atoms with E-state index < -0.39 is 16.9 Å². The minimum atomic E-state index is -1.54. The zero-order chi connectivity index (χ0) is 18.0. The largest absolute Gasteiger partial charge is 0.545 e. The van der Waals surface area contributed by atoms with E-state index in [0.717, 1.165) is 7.11 Å². The highest BCUT2D eigenvalue weighted by Gasteiger charge is 2.24. The molecule has 2 rings (SSSR count). The van der Waals surface area contributed by atoms with Gasteiger partial charge in [-0.2, -0.15) is 0 Å². The number of methoxy groups -OCH3 is 1. The lowest BCUT2D eigenvalue weighted by atomic mass is 9.92. The molecule has 8 heteroatoms. The topological polar surface area (TPSA) is 122 Å². The van der Waals surface area contributed by atoms with Crippen LogP contribution in [-0.2, 0) is 4.74 Å². The summed E-state index contributed by atoms with van der Waals surface area (Å²) < 4.78 is 4.71. The number of carboxylic acid groups (broad SMARTS) is 1. The fraction of sp³-hybridized carbons (Fsp3) is 0.188. The Morgan fingerprint density at radius 1 is 1.17 bits per heavy atom. The molecule has 0 radical (unpaired) electrons. The Labute approximate surface area is 136 Å². The molecule has 124 valence electrons. The van der Waals surface area contributed by atoms with Gasteiger partial charge in [0.15, 0.2) is 0 Å². The predicted molar refractivity (Wildman–Crippen MR) is 81.5 cm³/mol. The maximum Gasteiger partial charge on any atom is 0.340 e. The number of ether oxygens (including phenoxy) is 1. The van der Waals surface area contributed by atoms with Crippen LogP contribution >= 0.6 is 0 Å². The van der Waals surface area contributed by atoms with Crippen molar-refractivity contribution in [2.24, 2.45) is 0 Å². The Bertz CT molecular complexity index is 860. The molecule has 0 aliphatic carbocycles. The fourth-order valence-corrected chi connectivity index (χ4v) is 2.52. The summed E-state index contributed by atoms with van der Waals surface area (Å²) in [7, 11) is 1.15. The quantitative estimate of drug-likeness (QED) is 0.472. The Morgan fingerprint density at radius 2 is 1.79 bits per heavy atom. The highest BCUT2D eigenvalue weighted by atomic mass is 16.6. The first-order chi connectivity index (χ1) is 11.3. The summed E-state index contributed by atoms with van der Waals surface area (Å²) in [5, 5.41) is 22.6. The molecule has 8 nitrogen and oxygen atoms in total. The van der Waals surface area contributed by atoms with Crippen molar-refractivity contribution in [3.8, 4) is 11.1 Å². The molecule has 0 aliphatic rings. The van der Waals surface area contributed by atoms with Crippen LogP contribution in [0.4, 0.5) is 5.69 Å². The van der Waals surface area contributed by atoms with E-state index in [0.29, 0.717) is 0 Å². The van der Waals surface area contributed by atoms with Crippen molar-refractivity contribution < 1.29 is 24.4 Å². The van der Waals surface area contributed by atoms with Gasteiger partial charge in [0.2, 0.25) is 0 Å². The van der Waals surface area contributed by atoms with Gasteiger partial charge < -0.3 is 14.6 Å². The fourth-order valence-electron chi connectivity index (χ4n) is 2.52. The molecular weight excluding hydrogens is 316 g/mol. The van der Waals surface area contributed by atoms with Crippen LogP contribution < -0.4 is 5.11 Å². The molecule has 1 aromatic carbocycles. The number of hydrogen-bond donors (Lipinski definition) is 0. The summed E-state index contributed by atoms with van der Waals surface area (Å²) in [4.78, 5) is 38.1. The van der Waals surface area contributed by atoms with Crippen LogP contribution in [0.2, 0.25) is 0 Å². The number of aromatic carboxylic acids is 1. The summed E-state index contributed by atoms with van der Waals surface area (Å²) >= 11 is 0. The first-order valence-corrected chi connectivity index (χ1v) is 6.83. The molecule has 1 heterocycles. The van der Waals surface area contributed by atoms with Crippen LogP contribution in [-0.4, -0.2) is 29.0 Å². The van der Waals surface area contributed by atoms with Crippen LogP contribution in [0.5, 0.6) is 0 Å². The number of carbonyl (C=O) groups is 2. The first-order valence-electron chi connectivity index (χ1n) is 6.83. The molecule has 24 heavy (non-hydrogen) atoms. The third-order valence-electron chi connectivity index (χ3n) is 3.50. The first kappa shape index (κ1) is 17.1. The van der Waals surface area contributed by atoms with Crippen molar-refractivity contribution in [3.05, 3.63) is 56.9 Å². The number of nitrogens with zero attached hydrogens (tertiary/aromatic N) is 2. The number of hydrogen-bond acceptors (Lipinski definition) is 7. The lowest BCUT2D eigenvalue weighted by Crippen LogP contribution is -2.26. The smallest absolute Gasteiger partial charge is 0.340 e. The number of esters is 1. The van der Waals surface area contributed by atoms with Gasteiger partial charge in [0, 0.05) is 29.0 Å². The van der Waals surface area contributed by atoms with E-state index in [1.807, 2.05) is 0 Å². The van der Waals surface area contributed by atoms with Gasteiger partial charge in [-0.1, -0.05) is 12.1 Å². The van der Waals surface area contributed by atoms with Crippen LogP contribution in [0.25, 0.3) is 11.1 Å². The van der Waals surface area contributed by atoms with E-state index in [4.69, 9.17) is 4.74 Å². The second kappa shape index (κ2) is 6.45. The predicted octanol–water partition coefficient (Wildman–Crippen LogP) is 1.42. The Hall–Kier alpha value is -3.29. The number of nitro benzene ring substituents is 1. The lowest BCUT2D eigenvalue weighted by Gasteiger charge is -2.18. The molecule has 0 aliphatic heterocycles. The molecule has 0 unspecified atom stereocenters. The summed E-state index contributed by atoms with van der Waals surface area (Å²) in [6, 6.07) is 5.33. The third-order valence-corrected chi connectivity index (χ3v) is 3.50. The minimum absolute atomic E-state index is 0.00412. The second-order valence-corrected chi connectivity index (χ2v) is 4.99. The van der Waals surface area contributed by atoms with Gasteiger partial charge in [-0.05, 0) is 19.4 Å². The van der Waals surface area contributed by atoms with Crippen molar-refractivity contribution in [3.63, 3.8) is 0 Å². The zero-order valence-electron chi connectivity index (χ0n) is 13.2.